The Morgan fingerprint density at radius 1 is 1.16 bits per heavy atom. The van der Waals surface area contributed by atoms with E-state index in [1.165, 1.54) is 0 Å². The third kappa shape index (κ3) is 4.01. The van der Waals surface area contributed by atoms with Crippen LogP contribution in [0.2, 0.25) is 0 Å². The van der Waals surface area contributed by atoms with Gasteiger partial charge >= 0.3 is 17.9 Å². The summed E-state index contributed by atoms with van der Waals surface area (Å²) in [4.78, 5) is 35.2. The van der Waals surface area contributed by atoms with Gasteiger partial charge in [-0.25, -0.2) is 4.79 Å². The molecule has 0 N–H and O–H groups in total. The van der Waals surface area contributed by atoms with E-state index in [1.807, 2.05) is 0 Å². The first-order chi connectivity index (χ1) is 11.7. The van der Waals surface area contributed by atoms with Gasteiger partial charge in [0, 0.05) is 25.2 Å². The summed E-state index contributed by atoms with van der Waals surface area (Å²) < 4.78 is 35.5. The number of ketones is 1. The van der Waals surface area contributed by atoms with Crippen molar-refractivity contribution in [2.24, 2.45) is 17.8 Å². The Kier molecular flexibility index (Phi) is 4.86. The Labute approximate surface area is 145 Å². The molecule has 0 saturated heterocycles. The van der Waals surface area contributed by atoms with Crippen molar-refractivity contribution >= 4 is 17.7 Å². The van der Waals surface area contributed by atoms with Crippen LogP contribution in [0.15, 0.2) is 0 Å². The van der Waals surface area contributed by atoms with Gasteiger partial charge in [-0.1, -0.05) is 0 Å². The van der Waals surface area contributed by atoms with Crippen LogP contribution in [0.3, 0.4) is 0 Å². The summed E-state index contributed by atoms with van der Waals surface area (Å²) in [5, 5.41) is 0. The van der Waals surface area contributed by atoms with E-state index in [9.17, 15) is 23.2 Å². The molecule has 4 rings (SSSR count). The molecule has 0 aromatic heterocycles. The van der Waals surface area contributed by atoms with Crippen molar-refractivity contribution in [2.45, 2.75) is 69.8 Å². The van der Waals surface area contributed by atoms with Gasteiger partial charge in [0.1, 0.15) is 11.4 Å². The number of Topliss-reactive ketones (excluding diaryl/α,β-unsaturated/α-hetero) is 1. The number of ether oxygens (including phenoxy) is 2. The summed E-state index contributed by atoms with van der Waals surface area (Å²) in [5.74, 6) is -4.43. The molecule has 0 aromatic carbocycles. The lowest BCUT2D eigenvalue weighted by Crippen LogP contribution is -2.56. The molecule has 2 atom stereocenters. The van der Waals surface area contributed by atoms with Crippen LogP contribution in [-0.4, -0.2) is 35.9 Å². The maximum atomic E-state index is 12.6. The largest absolute Gasteiger partial charge is 0.461 e. The van der Waals surface area contributed by atoms with Gasteiger partial charge in [-0.15, -0.1) is 0 Å². The predicted molar refractivity (Wildman–Crippen MR) is 82.8 cm³/mol. The highest BCUT2D eigenvalue weighted by atomic mass is 19.3. The number of alkyl halides is 2. The molecule has 4 bridgehead atoms. The summed E-state index contributed by atoms with van der Waals surface area (Å²) in [6.07, 6.45) is 4.91. The van der Waals surface area contributed by atoms with E-state index in [0.717, 1.165) is 19.3 Å². The van der Waals surface area contributed by atoms with Gasteiger partial charge in [-0.05, 0) is 50.9 Å². The maximum Gasteiger partial charge on any atom is 0.376 e. The quantitative estimate of drug-likeness (QED) is 0.517. The van der Waals surface area contributed by atoms with Crippen LogP contribution in [0.25, 0.3) is 0 Å². The Morgan fingerprint density at radius 3 is 2.40 bits per heavy atom. The highest BCUT2D eigenvalue weighted by Crippen LogP contribution is 2.55. The van der Waals surface area contributed by atoms with E-state index in [-0.39, 0.29) is 30.8 Å². The minimum atomic E-state index is -3.49. The van der Waals surface area contributed by atoms with Crippen LogP contribution in [-0.2, 0) is 23.9 Å². The second-order valence-corrected chi connectivity index (χ2v) is 7.88. The van der Waals surface area contributed by atoms with E-state index in [1.54, 1.807) is 0 Å². The summed E-state index contributed by atoms with van der Waals surface area (Å²) in [6, 6.07) is 0. The normalized spacial score (nSPS) is 33.4. The molecule has 4 aliphatic carbocycles. The molecule has 25 heavy (non-hydrogen) atoms. The fourth-order valence-corrected chi connectivity index (χ4v) is 4.76. The lowest BCUT2D eigenvalue weighted by Gasteiger charge is -2.54. The Bertz CT molecular complexity index is 550. The standard InChI is InChI=1S/C18H24F2O5/c1-17(19,20)16(23)24-5-3-2-4-14(21)25-18-8-11-6-12(9-18)15(22)13(7-11)10-18/h11-13H,2-10H2,1H3. The van der Waals surface area contributed by atoms with E-state index >= 15 is 0 Å². The highest BCUT2D eigenvalue weighted by molar-refractivity contribution is 5.86. The fraction of sp³-hybridized carbons (Fsp3) is 0.833. The molecule has 0 spiro atoms. The van der Waals surface area contributed by atoms with Gasteiger partial charge in [0.2, 0.25) is 0 Å². The molecule has 4 saturated carbocycles. The number of esters is 2. The van der Waals surface area contributed by atoms with Gasteiger partial charge < -0.3 is 9.47 Å². The number of hydrogen-bond acceptors (Lipinski definition) is 5. The number of rotatable bonds is 7. The van der Waals surface area contributed by atoms with Crippen LogP contribution in [0.1, 0.15) is 58.3 Å². The SMILES string of the molecule is CC(F)(F)C(=O)OCCCCC(=O)OC12CC3CC(C1)C(=O)C(C3)C2. The molecule has 0 aliphatic heterocycles. The zero-order valence-electron chi connectivity index (χ0n) is 14.4. The second-order valence-electron chi connectivity index (χ2n) is 7.88. The van der Waals surface area contributed by atoms with Gasteiger partial charge in [-0.3, -0.25) is 9.59 Å². The monoisotopic (exact) mass is 358 g/mol. The summed E-state index contributed by atoms with van der Waals surface area (Å²) in [6.45, 7) is 0.352. The smallest absolute Gasteiger partial charge is 0.376 e. The van der Waals surface area contributed by atoms with Gasteiger partial charge in [0.05, 0.1) is 6.61 Å². The Balaban J connectivity index is 1.39. The number of halogens is 2. The molecule has 0 radical (unpaired) electrons. The van der Waals surface area contributed by atoms with Crippen molar-refractivity contribution in [3.8, 4) is 0 Å². The molecule has 0 heterocycles. The summed E-state index contributed by atoms with van der Waals surface area (Å²) in [5.41, 5.74) is -0.474. The second kappa shape index (κ2) is 6.65. The molecule has 5 nitrogen and oxygen atoms in total. The van der Waals surface area contributed by atoms with E-state index in [4.69, 9.17) is 4.74 Å². The molecule has 4 aliphatic rings. The van der Waals surface area contributed by atoms with Crippen molar-refractivity contribution in [1.82, 2.24) is 0 Å². The van der Waals surface area contributed by atoms with Gasteiger partial charge in [0.15, 0.2) is 0 Å². The first-order valence-electron chi connectivity index (χ1n) is 8.99. The van der Waals surface area contributed by atoms with Crippen LogP contribution in [0.4, 0.5) is 8.78 Å². The number of carbonyl (C=O) groups is 3. The van der Waals surface area contributed by atoms with E-state index in [0.29, 0.717) is 44.3 Å². The zero-order chi connectivity index (χ0) is 18.2. The zero-order valence-corrected chi connectivity index (χ0v) is 14.4. The van der Waals surface area contributed by atoms with Gasteiger partial charge in [-0.2, -0.15) is 8.78 Å². The van der Waals surface area contributed by atoms with Crippen LogP contribution >= 0.6 is 0 Å². The number of hydrogen-bond donors (Lipinski definition) is 0. The third-order valence-electron chi connectivity index (χ3n) is 5.64. The topological polar surface area (TPSA) is 69.7 Å². The van der Waals surface area contributed by atoms with Crippen LogP contribution in [0.5, 0.6) is 0 Å². The molecule has 7 heteroatoms. The highest BCUT2D eigenvalue weighted by Gasteiger charge is 2.57. The van der Waals surface area contributed by atoms with Crippen LogP contribution < -0.4 is 0 Å². The molecular weight excluding hydrogens is 334 g/mol. The average Bonchev–Trinajstić information content (AvgIpc) is 2.49. The number of carbonyl (C=O) groups excluding carboxylic acids is 3. The summed E-state index contributed by atoms with van der Waals surface area (Å²) in [7, 11) is 0. The van der Waals surface area contributed by atoms with Crippen molar-refractivity contribution in [3.63, 3.8) is 0 Å². The first-order valence-corrected chi connectivity index (χ1v) is 8.99. The molecule has 0 amide bonds. The van der Waals surface area contributed by atoms with Crippen molar-refractivity contribution < 1.29 is 32.6 Å². The maximum absolute atomic E-state index is 12.6. The molecule has 2 unspecified atom stereocenters. The molecular formula is C18H24F2O5. The number of unbranched alkanes of at least 4 members (excludes halogenated alkanes) is 1. The average molecular weight is 358 g/mol. The predicted octanol–water partition coefficient (Wildman–Crippen LogP) is 3.05. The van der Waals surface area contributed by atoms with Crippen molar-refractivity contribution in [1.29, 1.82) is 0 Å². The summed E-state index contributed by atoms with van der Waals surface area (Å²) >= 11 is 0. The molecule has 4 fully saturated rings. The van der Waals surface area contributed by atoms with Crippen molar-refractivity contribution in [3.05, 3.63) is 0 Å². The van der Waals surface area contributed by atoms with Crippen molar-refractivity contribution in [2.75, 3.05) is 6.61 Å². The minimum absolute atomic E-state index is 0.0502. The fourth-order valence-electron chi connectivity index (χ4n) is 4.76. The molecule has 140 valence electrons. The third-order valence-corrected chi connectivity index (χ3v) is 5.64. The lowest BCUT2D eigenvalue weighted by molar-refractivity contribution is -0.189. The first kappa shape index (κ1) is 18.3. The van der Waals surface area contributed by atoms with Crippen LogP contribution in [0, 0.1) is 17.8 Å². The van der Waals surface area contributed by atoms with E-state index < -0.39 is 17.5 Å². The Morgan fingerprint density at radius 2 is 1.80 bits per heavy atom. The minimum Gasteiger partial charge on any atom is -0.461 e. The van der Waals surface area contributed by atoms with Gasteiger partial charge in [0.25, 0.3) is 0 Å². The molecule has 0 aromatic rings. The lowest BCUT2D eigenvalue weighted by atomic mass is 9.53. The van der Waals surface area contributed by atoms with E-state index in [2.05, 4.69) is 4.74 Å². The Hall–Kier alpha value is -1.53.